The molecule has 4 aromatic heterocycles. The molecule has 0 spiro atoms. The molecule has 0 aliphatic heterocycles. The highest BCUT2D eigenvalue weighted by Gasteiger charge is 2.47. The summed E-state index contributed by atoms with van der Waals surface area (Å²) in [5.74, 6) is 3.63. The molecule has 0 bridgehead atoms. The lowest BCUT2D eigenvalue weighted by atomic mass is 9.67. The van der Waals surface area contributed by atoms with Gasteiger partial charge in [0.2, 0.25) is 11.9 Å². The van der Waals surface area contributed by atoms with Crippen molar-refractivity contribution in [3.8, 4) is 102 Å². The van der Waals surface area contributed by atoms with Crippen molar-refractivity contribution in [2.75, 3.05) is 9.80 Å². The van der Waals surface area contributed by atoms with Gasteiger partial charge in [-0.05, 0) is 163 Å². The molecule has 0 radical (unpaired) electrons. The van der Waals surface area contributed by atoms with Gasteiger partial charge in [-0.2, -0.15) is 19.9 Å². The van der Waals surface area contributed by atoms with Gasteiger partial charge in [0.15, 0.2) is 23.3 Å². The van der Waals surface area contributed by atoms with Gasteiger partial charge in [0.25, 0.3) is 0 Å². The number of benzene rings is 18. The van der Waals surface area contributed by atoms with Crippen molar-refractivity contribution in [2.45, 2.75) is 24.7 Å². The smallest absolute Gasteiger partial charge is 0.238 e. The van der Waals surface area contributed by atoms with Gasteiger partial charge in [0.1, 0.15) is 0 Å². The monoisotopic (exact) mass is 1640 g/mol. The number of para-hydroxylation sites is 9. The van der Waals surface area contributed by atoms with Crippen molar-refractivity contribution in [1.82, 2.24) is 39.0 Å². The summed E-state index contributed by atoms with van der Waals surface area (Å²) in [6, 6.07) is 163. The van der Waals surface area contributed by atoms with E-state index in [4.69, 9.17) is 29.9 Å². The summed E-state index contributed by atoms with van der Waals surface area (Å²) >= 11 is 0. The minimum atomic E-state index is -0.564. The summed E-state index contributed by atoms with van der Waals surface area (Å²) in [7, 11) is 0. The topological polar surface area (TPSA) is 93.7 Å². The van der Waals surface area contributed by atoms with E-state index in [2.05, 4.69) is 494 Å². The Morgan fingerprint density at radius 2 is 0.531 bits per heavy atom. The largest absolute Gasteiger partial charge is 0.311 e. The van der Waals surface area contributed by atoms with Crippen LogP contribution in [0, 0.1) is 0 Å². The van der Waals surface area contributed by atoms with E-state index >= 15 is 0 Å². The number of hydrogen-bond donors (Lipinski definition) is 0. The fraction of sp³-hybridized carbons (Fsp3) is 0.0339. The zero-order valence-electron chi connectivity index (χ0n) is 70.4. The van der Waals surface area contributed by atoms with Crippen LogP contribution in [0.1, 0.15) is 47.2 Å². The zero-order valence-corrected chi connectivity index (χ0v) is 70.4. The van der Waals surface area contributed by atoms with Gasteiger partial charge in [0, 0.05) is 83.2 Å². The van der Waals surface area contributed by atoms with Crippen LogP contribution in [0.15, 0.2) is 461 Å². The lowest BCUT2D eigenvalue weighted by molar-refractivity contribution is 0.661. The molecule has 22 aromatic rings. The van der Waals surface area contributed by atoms with Crippen LogP contribution >= 0.6 is 0 Å². The van der Waals surface area contributed by atoms with Gasteiger partial charge in [0.05, 0.1) is 33.2 Å². The number of aromatic nitrogens is 8. The van der Waals surface area contributed by atoms with Gasteiger partial charge in [-0.1, -0.05) is 384 Å². The molecule has 0 saturated carbocycles. The van der Waals surface area contributed by atoms with Crippen LogP contribution in [-0.4, -0.2) is 39.0 Å². The third-order valence-corrected chi connectivity index (χ3v) is 25.6. The van der Waals surface area contributed by atoms with Crippen molar-refractivity contribution in [3.05, 3.63) is 494 Å². The van der Waals surface area contributed by atoms with Crippen LogP contribution in [0.4, 0.5) is 34.1 Å². The molecule has 2 aliphatic carbocycles. The van der Waals surface area contributed by atoms with Crippen molar-refractivity contribution >= 4 is 77.7 Å². The first-order valence-electron chi connectivity index (χ1n) is 43.6. The third kappa shape index (κ3) is 12.9. The van der Waals surface area contributed by atoms with Crippen molar-refractivity contribution < 1.29 is 0 Å². The molecule has 604 valence electrons. The minimum Gasteiger partial charge on any atom is -0.311 e. The molecule has 10 heteroatoms. The highest BCUT2D eigenvalue weighted by Crippen LogP contribution is 2.59. The Labute approximate surface area is 742 Å². The van der Waals surface area contributed by atoms with Crippen molar-refractivity contribution in [2.24, 2.45) is 0 Å². The number of hydrogen-bond acceptors (Lipinski definition) is 8. The summed E-state index contributed by atoms with van der Waals surface area (Å²) in [5.41, 5.74) is 30.4. The van der Waals surface area contributed by atoms with E-state index in [1.165, 1.54) is 50.1 Å². The average Bonchev–Trinajstić information content (AvgIpc) is 1.53. The normalized spacial score (nSPS) is 12.6. The Kier molecular flexibility index (Phi) is 18.9. The summed E-state index contributed by atoms with van der Waals surface area (Å²) in [6.07, 6.45) is 0. The highest BCUT2D eigenvalue weighted by atomic mass is 15.2. The molecule has 0 amide bonds. The van der Waals surface area contributed by atoms with Gasteiger partial charge in [-0.25, -0.2) is 9.97 Å². The molecule has 24 rings (SSSR count). The van der Waals surface area contributed by atoms with Crippen LogP contribution in [-0.2, 0) is 10.8 Å². The van der Waals surface area contributed by atoms with Gasteiger partial charge >= 0.3 is 0 Å². The number of anilines is 6. The quantitative estimate of drug-likeness (QED) is 0.0944. The molecule has 0 fully saturated rings. The summed E-state index contributed by atoms with van der Waals surface area (Å²) in [5, 5.41) is 4.61. The number of fused-ring (bicyclic) bond motifs is 12. The minimum absolute atomic E-state index is 0.245. The maximum atomic E-state index is 5.48. The van der Waals surface area contributed by atoms with Crippen LogP contribution in [0.5, 0.6) is 0 Å². The van der Waals surface area contributed by atoms with E-state index in [1.807, 2.05) is 0 Å². The van der Waals surface area contributed by atoms with E-state index in [0.717, 1.165) is 128 Å². The lowest BCUT2D eigenvalue weighted by Gasteiger charge is -2.33. The zero-order chi connectivity index (χ0) is 85.2. The second kappa shape index (κ2) is 31.8. The van der Waals surface area contributed by atoms with E-state index in [0.29, 0.717) is 35.2 Å². The Hall–Kier alpha value is -16.8. The van der Waals surface area contributed by atoms with Crippen molar-refractivity contribution in [3.63, 3.8) is 0 Å². The van der Waals surface area contributed by atoms with Gasteiger partial charge < -0.3 is 9.80 Å². The Morgan fingerprint density at radius 3 is 1.02 bits per heavy atom. The Morgan fingerprint density at radius 1 is 0.211 bits per heavy atom. The first-order valence-corrected chi connectivity index (χ1v) is 43.6. The molecule has 10 nitrogen and oxygen atoms in total. The fourth-order valence-corrected chi connectivity index (χ4v) is 19.9. The molecule has 2 aliphatic rings. The molecule has 128 heavy (non-hydrogen) atoms. The maximum Gasteiger partial charge on any atom is 0.238 e. The van der Waals surface area contributed by atoms with E-state index in [9.17, 15) is 0 Å². The number of rotatable bonds is 16. The van der Waals surface area contributed by atoms with Crippen LogP contribution < -0.4 is 9.80 Å². The summed E-state index contributed by atoms with van der Waals surface area (Å²) < 4.78 is 4.38. The molecule has 0 saturated heterocycles. The predicted octanol–water partition coefficient (Wildman–Crippen LogP) is 29.5. The molecular formula is C118H82N10. The second-order valence-electron chi connectivity index (χ2n) is 33.2. The van der Waals surface area contributed by atoms with E-state index in [1.54, 1.807) is 0 Å². The Balaban J connectivity index is 0.000000148. The fourth-order valence-electron chi connectivity index (χ4n) is 19.9. The molecule has 0 unspecified atom stereocenters. The highest BCUT2D eigenvalue weighted by molar-refractivity contribution is 6.10. The Bertz CT molecular complexity index is 7710. The SMILES string of the molecule is CC1(C)c2ccccc2-c2cccc(-c3nc(-c4ccc(-c5ccccc5N(c5ccccc5)c5ccccc5)cc4)nc(-n4c5ccccc5c5ccccc54)n3)c21.c1ccc(N(c2ccccc2)c2ccc(-c3ccc(-c4nc(-c5cccc6c5-c5ccccc5C6(c5ccccc5)c5ccccc5)nc(-n5c6ccccc6c6ccccc65)n4)cc3)cc2)cc1. The molecule has 4 heterocycles. The summed E-state index contributed by atoms with van der Waals surface area (Å²) in [4.78, 5) is 36.9. The lowest BCUT2D eigenvalue weighted by Crippen LogP contribution is -2.28. The first-order chi connectivity index (χ1) is 63.3. The van der Waals surface area contributed by atoms with Gasteiger partial charge in [-0.3, -0.25) is 9.13 Å². The summed E-state index contributed by atoms with van der Waals surface area (Å²) in [6.45, 7) is 4.62. The van der Waals surface area contributed by atoms with E-state index < -0.39 is 5.41 Å². The maximum absolute atomic E-state index is 5.48. The third-order valence-electron chi connectivity index (χ3n) is 25.6. The predicted molar refractivity (Wildman–Crippen MR) is 525 cm³/mol. The molecule has 18 aromatic carbocycles. The van der Waals surface area contributed by atoms with E-state index in [-0.39, 0.29) is 5.41 Å². The second-order valence-corrected chi connectivity index (χ2v) is 33.2. The average molecular weight is 1640 g/mol. The first kappa shape index (κ1) is 76.1. The molecular weight excluding hydrogens is 1560 g/mol. The van der Waals surface area contributed by atoms with Crippen LogP contribution in [0.2, 0.25) is 0 Å². The van der Waals surface area contributed by atoms with Crippen molar-refractivity contribution in [1.29, 1.82) is 0 Å². The van der Waals surface area contributed by atoms with Crippen LogP contribution in [0.25, 0.3) is 146 Å². The molecule has 0 atom stereocenters. The molecule has 0 N–H and O–H groups in total. The van der Waals surface area contributed by atoms with Crippen LogP contribution in [0.3, 0.4) is 0 Å². The standard InChI is InChI=1S/C64H43N5.C54H39N5/c1-5-20-47(21-6-1)64(48-22-7-2-8-23-48)56-32-16-13-30-54(56)60-55(31-19-33-57(60)64)62-65-61(66-63(67-62)69-58-34-17-14-28-52(58)53-29-15-18-35-59(53)69)46-38-36-44(37-39-46)45-40-42-51(43-41-45)68(49-24-9-3-10-25-49)50-26-11-4-12-27-50;1-54(2)46-28-13-9-23-41(46)44-26-17-27-45(50(44)54)52-55-51(56-53(57-52)59-48-30-15-11-24-42(48)43-25-12-16-31-49(43)59)37-34-32-36(33-35-37)40-22-10-14-29-47(40)58(38-18-5-3-6-19-38)39-20-7-4-8-21-39/h1-43H;3-35H,1-2H3. The van der Waals surface area contributed by atoms with Gasteiger partial charge in [-0.15, -0.1) is 0 Å². The number of nitrogens with zero attached hydrogens (tertiary/aromatic N) is 10.